The van der Waals surface area contributed by atoms with Crippen LogP contribution in [0.15, 0.2) is 47.6 Å². The molecule has 0 bridgehead atoms. The number of carboxylic acids is 1. The van der Waals surface area contributed by atoms with E-state index in [9.17, 15) is 9.59 Å². The zero-order valence-corrected chi connectivity index (χ0v) is 17.9. The lowest BCUT2D eigenvalue weighted by molar-refractivity contribution is -0.135. The van der Waals surface area contributed by atoms with Gasteiger partial charge < -0.3 is 9.84 Å². The van der Waals surface area contributed by atoms with Gasteiger partial charge in [-0.25, -0.2) is 9.80 Å². The van der Waals surface area contributed by atoms with E-state index < -0.39 is 5.97 Å². The molecule has 0 unspecified atom stereocenters. The molecule has 2 aromatic carbocycles. The van der Waals surface area contributed by atoms with Gasteiger partial charge >= 0.3 is 5.97 Å². The van der Waals surface area contributed by atoms with Gasteiger partial charge in [0, 0.05) is 12.8 Å². The summed E-state index contributed by atoms with van der Waals surface area (Å²) in [5.41, 5.74) is 4.23. The fourth-order valence-electron chi connectivity index (χ4n) is 3.68. The highest BCUT2D eigenvalue weighted by molar-refractivity contribution is 6.03. The van der Waals surface area contributed by atoms with Crippen LogP contribution in [0.25, 0.3) is 0 Å². The smallest absolute Gasteiger partial charge is 0.335 e. The molecule has 1 aliphatic rings. The molecule has 0 saturated heterocycles. The molecule has 1 N–H and O–H groups in total. The monoisotopic (exact) mass is 408 g/mol. The van der Waals surface area contributed by atoms with Crippen LogP contribution in [-0.4, -0.2) is 39.8 Å². The van der Waals surface area contributed by atoms with Crippen LogP contribution in [0, 0.1) is 13.8 Å². The predicted molar refractivity (Wildman–Crippen MR) is 116 cm³/mol. The Morgan fingerprint density at radius 3 is 2.33 bits per heavy atom. The van der Waals surface area contributed by atoms with Crippen LogP contribution in [0.5, 0.6) is 5.75 Å². The molecule has 0 fully saturated rings. The molecule has 2 aromatic rings. The van der Waals surface area contributed by atoms with E-state index in [1.54, 1.807) is 17.1 Å². The van der Waals surface area contributed by atoms with Crippen molar-refractivity contribution in [2.45, 2.75) is 52.5 Å². The number of carbonyl (C=O) groups is 2. The SMILES string of the molecule is Cc1cc(C)cc(C2=NN(C(=O)CCCOc3ccc(C(=O)O)cc3)C(C)(C)C2)c1. The molecule has 0 radical (unpaired) electrons. The number of benzene rings is 2. The first-order valence-electron chi connectivity index (χ1n) is 10.1. The second-order valence-corrected chi connectivity index (χ2v) is 8.40. The van der Waals surface area contributed by atoms with Crippen molar-refractivity contribution >= 4 is 17.6 Å². The van der Waals surface area contributed by atoms with Crippen molar-refractivity contribution in [3.8, 4) is 5.75 Å². The Balaban J connectivity index is 1.57. The molecular formula is C24H28N2O4. The van der Waals surface area contributed by atoms with Gasteiger partial charge in [-0.3, -0.25) is 4.79 Å². The van der Waals surface area contributed by atoms with E-state index in [4.69, 9.17) is 9.84 Å². The summed E-state index contributed by atoms with van der Waals surface area (Å²) in [7, 11) is 0. The first kappa shape index (κ1) is 21.6. The van der Waals surface area contributed by atoms with Gasteiger partial charge in [0.15, 0.2) is 0 Å². The summed E-state index contributed by atoms with van der Waals surface area (Å²) >= 11 is 0. The highest BCUT2D eigenvalue weighted by atomic mass is 16.5. The third kappa shape index (κ3) is 5.06. The van der Waals surface area contributed by atoms with Crippen molar-refractivity contribution in [1.82, 2.24) is 5.01 Å². The Bertz CT molecular complexity index is 957. The molecule has 1 heterocycles. The van der Waals surface area contributed by atoms with Gasteiger partial charge in [0.1, 0.15) is 5.75 Å². The number of hydrogen-bond acceptors (Lipinski definition) is 4. The summed E-state index contributed by atoms with van der Waals surface area (Å²) in [4.78, 5) is 23.7. The Hall–Kier alpha value is -3.15. The average Bonchev–Trinajstić information content (AvgIpc) is 3.00. The maximum atomic E-state index is 12.8. The van der Waals surface area contributed by atoms with E-state index in [-0.39, 0.29) is 17.0 Å². The first-order valence-corrected chi connectivity index (χ1v) is 10.1. The Morgan fingerprint density at radius 1 is 1.10 bits per heavy atom. The van der Waals surface area contributed by atoms with Crippen molar-refractivity contribution in [3.63, 3.8) is 0 Å². The van der Waals surface area contributed by atoms with Crippen molar-refractivity contribution < 1.29 is 19.4 Å². The number of hydrogen-bond donors (Lipinski definition) is 1. The molecule has 158 valence electrons. The number of carbonyl (C=O) groups excluding carboxylic acids is 1. The molecule has 3 rings (SSSR count). The quantitative estimate of drug-likeness (QED) is 0.681. The minimum absolute atomic E-state index is 0.0239. The van der Waals surface area contributed by atoms with Gasteiger partial charge in [0.25, 0.3) is 0 Å². The zero-order chi connectivity index (χ0) is 21.9. The standard InChI is InChI=1S/C24H28N2O4/c1-16-12-17(2)14-19(13-16)21-15-24(3,4)26(25-21)22(27)6-5-11-30-20-9-7-18(8-10-20)23(28)29/h7-10,12-14H,5-6,11,15H2,1-4H3,(H,28,29). The molecule has 1 aliphatic heterocycles. The van der Waals surface area contributed by atoms with Crippen LogP contribution in [0.4, 0.5) is 0 Å². The lowest BCUT2D eigenvalue weighted by atomic mass is 9.93. The molecule has 6 nitrogen and oxygen atoms in total. The molecule has 0 spiro atoms. The molecular weight excluding hydrogens is 380 g/mol. The molecule has 0 aliphatic carbocycles. The van der Waals surface area contributed by atoms with Gasteiger partial charge in [-0.2, -0.15) is 5.10 Å². The van der Waals surface area contributed by atoms with E-state index in [0.717, 1.165) is 11.3 Å². The Morgan fingerprint density at radius 2 is 1.73 bits per heavy atom. The summed E-state index contributed by atoms with van der Waals surface area (Å²) in [6.07, 6.45) is 1.61. The van der Waals surface area contributed by atoms with Crippen molar-refractivity contribution in [3.05, 3.63) is 64.7 Å². The summed E-state index contributed by atoms with van der Waals surface area (Å²) in [5.74, 6) is -0.408. The summed E-state index contributed by atoms with van der Waals surface area (Å²) in [6, 6.07) is 12.6. The maximum absolute atomic E-state index is 12.8. The second kappa shape index (κ2) is 8.69. The van der Waals surface area contributed by atoms with Crippen LogP contribution < -0.4 is 4.74 Å². The van der Waals surface area contributed by atoms with Crippen LogP contribution in [0.1, 0.15) is 60.2 Å². The Labute approximate surface area is 177 Å². The normalized spacial score (nSPS) is 15.1. The molecule has 30 heavy (non-hydrogen) atoms. The summed E-state index contributed by atoms with van der Waals surface area (Å²) in [5, 5.41) is 15.2. The van der Waals surface area contributed by atoms with Crippen molar-refractivity contribution in [1.29, 1.82) is 0 Å². The third-order valence-corrected chi connectivity index (χ3v) is 5.09. The fourth-order valence-corrected chi connectivity index (χ4v) is 3.68. The zero-order valence-electron chi connectivity index (χ0n) is 17.9. The van der Waals surface area contributed by atoms with Gasteiger partial charge in [0.2, 0.25) is 5.91 Å². The van der Waals surface area contributed by atoms with E-state index in [2.05, 4.69) is 37.1 Å². The number of amides is 1. The second-order valence-electron chi connectivity index (χ2n) is 8.40. The summed E-state index contributed by atoms with van der Waals surface area (Å²) in [6.45, 7) is 8.57. The summed E-state index contributed by atoms with van der Waals surface area (Å²) < 4.78 is 5.62. The van der Waals surface area contributed by atoms with Gasteiger partial charge in [-0.15, -0.1) is 0 Å². The number of hydrazone groups is 1. The number of aryl methyl sites for hydroxylation is 2. The number of ether oxygens (including phenoxy) is 1. The van der Waals surface area contributed by atoms with E-state index in [1.165, 1.54) is 23.3 Å². The van der Waals surface area contributed by atoms with Crippen molar-refractivity contribution in [2.75, 3.05) is 6.61 Å². The average molecular weight is 408 g/mol. The highest BCUT2D eigenvalue weighted by Crippen LogP contribution is 2.30. The van der Waals surface area contributed by atoms with E-state index >= 15 is 0 Å². The topological polar surface area (TPSA) is 79.2 Å². The van der Waals surface area contributed by atoms with Crippen LogP contribution in [0.3, 0.4) is 0 Å². The minimum atomic E-state index is -0.971. The molecule has 0 saturated carbocycles. The number of rotatable bonds is 7. The molecule has 0 aromatic heterocycles. The predicted octanol–water partition coefficient (Wildman–Crippen LogP) is 4.58. The molecule has 1 amide bonds. The fraction of sp³-hybridized carbons (Fsp3) is 0.375. The minimum Gasteiger partial charge on any atom is -0.494 e. The van der Waals surface area contributed by atoms with Crippen LogP contribution in [0.2, 0.25) is 0 Å². The van der Waals surface area contributed by atoms with Gasteiger partial charge in [-0.1, -0.05) is 29.3 Å². The van der Waals surface area contributed by atoms with Gasteiger partial charge in [-0.05, 0) is 63.9 Å². The van der Waals surface area contributed by atoms with E-state index in [1.807, 2.05) is 13.8 Å². The lowest BCUT2D eigenvalue weighted by Crippen LogP contribution is -2.40. The van der Waals surface area contributed by atoms with E-state index in [0.29, 0.717) is 31.6 Å². The number of nitrogens with zero attached hydrogens (tertiary/aromatic N) is 2. The Kier molecular flexibility index (Phi) is 6.25. The van der Waals surface area contributed by atoms with Crippen LogP contribution in [-0.2, 0) is 4.79 Å². The number of aromatic carboxylic acids is 1. The molecule has 6 heteroatoms. The van der Waals surface area contributed by atoms with Gasteiger partial charge in [0.05, 0.1) is 23.4 Å². The highest BCUT2D eigenvalue weighted by Gasteiger charge is 2.38. The number of carboxylic acid groups (broad SMARTS) is 1. The van der Waals surface area contributed by atoms with Crippen LogP contribution >= 0.6 is 0 Å². The largest absolute Gasteiger partial charge is 0.494 e. The molecule has 0 atom stereocenters. The third-order valence-electron chi connectivity index (χ3n) is 5.09. The first-order chi connectivity index (χ1) is 14.2. The van der Waals surface area contributed by atoms with Crippen molar-refractivity contribution in [2.24, 2.45) is 5.10 Å². The lowest BCUT2D eigenvalue weighted by Gasteiger charge is -2.28. The maximum Gasteiger partial charge on any atom is 0.335 e.